The molecule has 2 N–H and O–H groups in total. The number of carbonyl (C=O) groups excluding carboxylic acids is 2. The fourth-order valence-corrected chi connectivity index (χ4v) is 9.77. The van der Waals surface area contributed by atoms with Gasteiger partial charge in [-0.25, -0.2) is 0 Å². The standard InChI is InChI=1S/C41H62N2O6/c1-6-7-8-9-10-11-15-22-39(23-16-12-17-24-39)36(47)41(25-18-26-43-41)40(28-32(44)45,30-19-13-14-20-30)34-31(21-27-42-34)33(46)35-37(2,3)29-48-38(4,5)49-35/h18,21,25-27,30,35,42H,6-17,19-20,22-24,28-29H2,1-5H3,(H,44,45). The summed E-state index contributed by atoms with van der Waals surface area (Å²) in [5.74, 6) is -2.25. The lowest BCUT2D eigenvalue weighted by Gasteiger charge is -2.52. The third-order valence-corrected chi connectivity index (χ3v) is 12.4. The number of carboxylic acids is 1. The van der Waals surface area contributed by atoms with E-state index >= 15 is 4.79 Å². The predicted octanol–water partition coefficient (Wildman–Crippen LogP) is 9.32. The minimum atomic E-state index is -1.44. The summed E-state index contributed by atoms with van der Waals surface area (Å²) >= 11 is 0. The second kappa shape index (κ2) is 15.3. The lowest BCUT2D eigenvalue weighted by molar-refractivity contribution is -0.298. The van der Waals surface area contributed by atoms with Crippen LogP contribution in [0.3, 0.4) is 0 Å². The molecular formula is C41H62N2O6. The highest BCUT2D eigenvalue weighted by molar-refractivity contribution is 6.05. The lowest BCUT2D eigenvalue weighted by Crippen LogP contribution is -2.63. The van der Waals surface area contributed by atoms with Gasteiger partial charge >= 0.3 is 5.97 Å². The molecule has 2 aliphatic carbocycles. The molecule has 3 atom stereocenters. The van der Waals surface area contributed by atoms with Gasteiger partial charge in [-0.3, -0.25) is 19.4 Å². The summed E-state index contributed by atoms with van der Waals surface area (Å²) in [5, 5.41) is 10.8. The van der Waals surface area contributed by atoms with Crippen molar-refractivity contribution in [2.24, 2.45) is 21.7 Å². The molecule has 8 nitrogen and oxygen atoms in total. The van der Waals surface area contributed by atoms with Crippen molar-refractivity contribution in [2.45, 2.75) is 173 Å². The highest BCUT2D eigenvalue weighted by Gasteiger charge is 2.66. The van der Waals surface area contributed by atoms with Crippen molar-refractivity contribution < 1.29 is 29.0 Å². The number of aliphatic imine (C=N–C) groups is 1. The molecule has 0 amide bonds. The zero-order chi connectivity index (χ0) is 35.3. The first-order chi connectivity index (χ1) is 23.3. The second-order valence-corrected chi connectivity index (χ2v) is 16.8. The van der Waals surface area contributed by atoms with E-state index in [4.69, 9.17) is 14.5 Å². The van der Waals surface area contributed by atoms with Crippen LogP contribution in [0.1, 0.15) is 166 Å². The number of unbranched alkanes of at least 4 members (excludes halogenated alkanes) is 6. The fraction of sp³-hybridized carbons (Fsp3) is 0.756. The molecule has 5 rings (SSSR count). The Morgan fingerprint density at radius 1 is 0.959 bits per heavy atom. The number of nitrogens with one attached hydrogen (secondary N) is 1. The maximum absolute atomic E-state index is 15.8. The van der Waals surface area contributed by atoms with E-state index < -0.39 is 39.6 Å². The summed E-state index contributed by atoms with van der Waals surface area (Å²) in [7, 11) is 0. The maximum atomic E-state index is 15.8. The molecular weight excluding hydrogens is 616 g/mol. The van der Waals surface area contributed by atoms with Gasteiger partial charge in [-0.2, -0.15) is 0 Å². The van der Waals surface area contributed by atoms with Crippen molar-refractivity contribution in [2.75, 3.05) is 6.61 Å². The summed E-state index contributed by atoms with van der Waals surface area (Å²) < 4.78 is 12.3. The molecule has 0 radical (unpaired) electrons. The predicted molar refractivity (Wildman–Crippen MR) is 193 cm³/mol. The van der Waals surface area contributed by atoms with E-state index in [0.717, 1.165) is 77.0 Å². The van der Waals surface area contributed by atoms with Gasteiger partial charge < -0.3 is 19.6 Å². The van der Waals surface area contributed by atoms with Gasteiger partial charge in [0.05, 0.1) is 18.4 Å². The molecule has 1 aromatic rings. The molecule has 3 unspecified atom stereocenters. The molecule has 1 saturated heterocycles. The number of aromatic amines is 1. The molecule has 4 aliphatic rings. The fourth-order valence-electron chi connectivity index (χ4n) is 9.77. The average Bonchev–Trinajstić information content (AvgIpc) is 3.88. The van der Waals surface area contributed by atoms with Crippen LogP contribution in [-0.2, 0) is 24.5 Å². The Morgan fingerprint density at radius 2 is 1.63 bits per heavy atom. The topological polar surface area (TPSA) is 118 Å². The summed E-state index contributed by atoms with van der Waals surface area (Å²) in [6.07, 6.45) is 23.2. The van der Waals surface area contributed by atoms with Crippen LogP contribution < -0.4 is 0 Å². The van der Waals surface area contributed by atoms with E-state index in [2.05, 4.69) is 11.9 Å². The smallest absolute Gasteiger partial charge is 0.304 e. The van der Waals surface area contributed by atoms with Crippen LogP contribution in [0.15, 0.2) is 29.4 Å². The second-order valence-electron chi connectivity index (χ2n) is 16.8. The van der Waals surface area contributed by atoms with Crippen molar-refractivity contribution in [3.05, 3.63) is 35.7 Å². The SMILES string of the molecule is CCCCCCCCCC1(C(=O)C2(C(CC(=O)O)(c3[nH]ccc3C(=O)C3OC(C)(C)OCC3(C)C)C3CCCC3)C=CC=N2)CCCCC1. The van der Waals surface area contributed by atoms with Crippen molar-refractivity contribution >= 4 is 23.8 Å². The number of H-pyrrole nitrogens is 1. The molecule has 49 heavy (non-hydrogen) atoms. The Labute approximate surface area is 294 Å². The Morgan fingerprint density at radius 3 is 2.27 bits per heavy atom. The number of carbonyl (C=O) groups is 3. The van der Waals surface area contributed by atoms with E-state index in [9.17, 15) is 14.7 Å². The van der Waals surface area contributed by atoms with Gasteiger partial charge in [0.15, 0.2) is 17.4 Å². The van der Waals surface area contributed by atoms with E-state index in [1.165, 1.54) is 32.1 Å². The number of hydrogen-bond donors (Lipinski definition) is 2. The van der Waals surface area contributed by atoms with E-state index in [-0.39, 0.29) is 23.9 Å². The quantitative estimate of drug-likeness (QED) is 0.125. The number of ether oxygens (including phenoxy) is 2. The number of ketones is 2. The monoisotopic (exact) mass is 678 g/mol. The lowest BCUT2D eigenvalue weighted by atomic mass is 9.51. The minimum Gasteiger partial charge on any atom is -0.481 e. The Hall–Kier alpha value is -2.58. The summed E-state index contributed by atoms with van der Waals surface area (Å²) in [6.45, 7) is 10.1. The number of allylic oxidation sites excluding steroid dienone is 1. The number of rotatable bonds is 17. The van der Waals surface area contributed by atoms with E-state index in [0.29, 0.717) is 17.9 Å². The van der Waals surface area contributed by atoms with Crippen molar-refractivity contribution in [1.82, 2.24) is 4.98 Å². The van der Waals surface area contributed by atoms with Crippen LogP contribution in [0.5, 0.6) is 0 Å². The molecule has 3 fully saturated rings. The third-order valence-electron chi connectivity index (χ3n) is 12.4. The molecule has 3 heterocycles. The molecule has 8 heteroatoms. The molecule has 0 bridgehead atoms. The minimum absolute atomic E-state index is 0.0561. The van der Waals surface area contributed by atoms with Crippen molar-refractivity contribution in [3.63, 3.8) is 0 Å². The first-order valence-electron chi connectivity index (χ1n) is 19.4. The van der Waals surface area contributed by atoms with Crippen LogP contribution in [0, 0.1) is 16.7 Å². The summed E-state index contributed by atoms with van der Waals surface area (Å²) in [5.41, 5.74) is -3.00. The van der Waals surface area contributed by atoms with Gasteiger partial charge in [-0.1, -0.05) is 97.8 Å². The molecule has 2 aliphatic heterocycles. The maximum Gasteiger partial charge on any atom is 0.304 e. The normalized spacial score (nSPS) is 27.2. The van der Waals surface area contributed by atoms with Crippen LogP contribution in [0.2, 0.25) is 0 Å². The number of aromatic nitrogens is 1. The van der Waals surface area contributed by atoms with Crippen molar-refractivity contribution in [3.8, 4) is 0 Å². The van der Waals surface area contributed by atoms with Crippen molar-refractivity contribution in [1.29, 1.82) is 0 Å². The van der Waals surface area contributed by atoms with Gasteiger partial charge in [-0.15, -0.1) is 0 Å². The van der Waals surface area contributed by atoms with Gasteiger partial charge in [0.2, 0.25) is 0 Å². The number of carboxylic acid groups (broad SMARTS) is 1. The number of Topliss-reactive ketones (excluding diaryl/α,β-unsaturated/α-hetero) is 2. The molecule has 0 spiro atoms. The Kier molecular flexibility index (Phi) is 11.8. The van der Waals surface area contributed by atoms with Crippen LogP contribution in [-0.4, -0.2) is 57.9 Å². The first kappa shape index (κ1) is 37.7. The van der Waals surface area contributed by atoms with E-state index in [1.807, 2.05) is 39.8 Å². The average molecular weight is 679 g/mol. The summed E-state index contributed by atoms with van der Waals surface area (Å²) in [6, 6.07) is 1.76. The Balaban J connectivity index is 1.62. The van der Waals surface area contributed by atoms with E-state index in [1.54, 1.807) is 18.5 Å². The zero-order valence-electron chi connectivity index (χ0n) is 30.9. The number of aliphatic carboxylic acids is 1. The molecule has 0 aromatic carbocycles. The summed E-state index contributed by atoms with van der Waals surface area (Å²) in [4.78, 5) is 52.3. The number of hydrogen-bond acceptors (Lipinski definition) is 6. The van der Waals surface area contributed by atoms with Crippen LogP contribution >= 0.6 is 0 Å². The van der Waals surface area contributed by atoms with Gasteiger partial charge in [0.25, 0.3) is 0 Å². The van der Waals surface area contributed by atoms with Gasteiger partial charge in [0, 0.05) is 34.5 Å². The van der Waals surface area contributed by atoms with Gasteiger partial charge in [0.1, 0.15) is 11.6 Å². The third kappa shape index (κ3) is 7.42. The van der Waals surface area contributed by atoms with Gasteiger partial charge in [-0.05, 0) is 70.1 Å². The molecule has 272 valence electrons. The Bertz CT molecular complexity index is 1360. The molecule has 2 saturated carbocycles. The number of nitrogens with zero attached hydrogens (tertiary/aromatic N) is 1. The largest absolute Gasteiger partial charge is 0.481 e. The van der Waals surface area contributed by atoms with Crippen LogP contribution in [0.4, 0.5) is 0 Å². The highest BCUT2D eigenvalue weighted by Crippen LogP contribution is 2.59. The van der Waals surface area contributed by atoms with Crippen LogP contribution in [0.25, 0.3) is 0 Å². The molecule has 1 aromatic heterocycles. The first-order valence-corrected chi connectivity index (χ1v) is 19.4. The highest BCUT2D eigenvalue weighted by atomic mass is 16.7. The zero-order valence-corrected chi connectivity index (χ0v) is 30.9.